The van der Waals surface area contributed by atoms with Gasteiger partial charge in [-0.2, -0.15) is 0 Å². The SMILES string of the molecule is CCC(CC)C(=O)Nc1cc(S(N)(=O)=O)cc(C)c1C. The quantitative estimate of drug-likeness (QED) is 0.874. The Balaban J connectivity index is 3.19. The molecular formula is C14H22N2O3S. The third kappa shape index (κ3) is 3.80. The Morgan fingerprint density at radius 1 is 1.25 bits per heavy atom. The summed E-state index contributed by atoms with van der Waals surface area (Å²) in [6.07, 6.45) is 1.49. The van der Waals surface area contributed by atoms with Crippen LogP contribution in [0.2, 0.25) is 0 Å². The van der Waals surface area contributed by atoms with Crippen molar-refractivity contribution in [3.05, 3.63) is 23.3 Å². The number of sulfonamides is 1. The number of nitrogens with one attached hydrogen (secondary N) is 1. The first kappa shape index (κ1) is 16.7. The van der Waals surface area contributed by atoms with Gasteiger partial charge >= 0.3 is 0 Å². The molecular weight excluding hydrogens is 276 g/mol. The van der Waals surface area contributed by atoms with E-state index in [1.165, 1.54) is 12.1 Å². The minimum atomic E-state index is -3.78. The number of benzene rings is 1. The number of hydrogen-bond donors (Lipinski definition) is 2. The fraction of sp³-hybridized carbons (Fsp3) is 0.500. The van der Waals surface area contributed by atoms with Crippen molar-refractivity contribution in [3.8, 4) is 0 Å². The largest absolute Gasteiger partial charge is 0.326 e. The van der Waals surface area contributed by atoms with Crippen LogP contribution in [-0.2, 0) is 14.8 Å². The van der Waals surface area contributed by atoms with E-state index in [9.17, 15) is 13.2 Å². The molecule has 6 heteroatoms. The first-order valence-electron chi connectivity index (χ1n) is 6.65. The summed E-state index contributed by atoms with van der Waals surface area (Å²) in [7, 11) is -3.78. The molecule has 20 heavy (non-hydrogen) atoms. The zero-order valence-electron chi connectivity index (χ0n) is 12.4. The summed E-state index contributed by atoms with van der Waals surface area (Å²) in [4.78, 5) is 12.1. The average Bonchev–Trinajstić information content (AvgIpc) is 2.34. The van der Waals surface area contributed by atoms with Crippen molar-refractivity contribution in [2.24, 2.45) is 11.1 Å². The monoisotopic (exact) mass is 298 g/mol. The molecule has 112 valence electrons. The van der Waals surface area contributed by atoms with Gasteiger partial charge in [0.1, 0.15) is 0 Å². The second-order valence-electron chi connectivity index (χ2n) is 4.96. The van der Waals surface area contributed by atoms with Gasteiger partial charge in [-0.15, -0.1) is 0 Å². The van der Waals surface area contributed by atoms with Gasteiger partial charge in [-0.1, -0.05) is 13.8 Å². The maximum atomic E-state index is 12.1. The standard InChI is InChI=1S/C14H22N2O3S/c1-5-11(6-2)14(17)16-13-8-12(20(15,18)19)7-9(3)10(13)4/h7-8,11H,5-6H2,1-4H3,(H,16,17)(H2,15,18,19). The van der Waals surface area contributed by atoms with E-state index in [4.69, 9.17) is 5.14 Å². The topological polar surface area (TPSA) is 89.3 Å². The number of aryl methyl sites for hydroxylation is 1. The third-order valence-corrected chi connectivity index (χ3v) is 4.48. The Labute approximate surface area is 120 Å². The number of hydrogen-bond acceptors (Lipinski definition) is 3. The minimum absolute atomic E-state index is 0.0143. The average molecular weight is 298 g/mol. The number of amides is 1. The predicted molar refractivity (Wildman–Crippen MR) is 80.0 cm³/mol. The smallest absolute Gasteiger partial charge is 0.238 e. The highest BCUT2D eigenvalue weighted by Crippen LogP contribution is 2.24. The van der Waals surface area contributed by atoms with Crippen LogP contribution in [-0.4, -0.2) is 14.3 Å². The van der Waals surface area contributed by atoms with Crippen LogP contribution in [0, 0.1) is 19.8 Å². The Morgan fingerprint density at radius 2 is 1.80 bits per heavy atom. The molecule has 0 aromatic heterocycles. The van der Waals surface area contributed by atoms with Crippen LogP contribution in [0.1, 0.15) is 37.8 Å². The van der Waals surface area contributed by atoms with Gasteiger partial charge in [0.25, 0.3) is 0 Å². The van der Waals surface area contributed by atoms with Crippen molar-refractivity contribution >= 4 is 21.6 Å². The zero-order chi connectivity index (χ0) is 15.5. The maximum Gasteiger partial charge on any atom is 0.238 e. The van der Waals surface area contributed by atoms with Crippen LogP contribution in [0.15, 0.2) is 17.0 Å². The molecule has 0 aliphatic heterocycles. The van der Waals surface area contributed by atoms with Gasteiger partial charge in [0, 0.05) is 11.6 Å². The lowest BCUT2D eigenvalue weighted by Crippen LogP contribution is -2.23. The predicted octanol–water partition coefficient (Wildman–Crippen LogP) is 2.33. The van der Waals surface area contributed by atoms with Crippen LogP contribution in [0.25, 0.3) is 0 Å². The Bertz CT molecular complexity index is 605. The summed E-state index contributed by atoms with van der Waals surface area (Å²) in [6.45, 7) is 7.53. The van der Waals surface area contributed by atoms with E-state index >= 15 is 0 Å². The summed E-state index contributed by atoms with van der Waals surface area (Å²) in [5.74, 6) is -0.170. The molecule has 5 nitrogen and oxygen atoms in total. The second kappa shape index (κ2) is 6.37. The zero-order valence-corrected chi connectivity index (χ0v) is 13.2. The highest BCUT2D eigenvalue weighted by Gasteiger charge is 2.18. The Hall–Kier alpha value is -1.40. The van der Waals surface area contributed by atoms with Crippen LogP contribution in [0.5, 0.6) is 0 Å². The van der Waals surface area contributed by atoms with E-state index in [1.54, 1.807) is 6.92 Å². The number of anilines is 1. The fourth-order valence-electron chi connectivity index (χ4n) is 2.01. The molecule has 1 rings (SSSR count). The van der Waals surface area contributed by atoms with Crippen LogP contribution >= 0.6 is 0 Å². The molecule has 3 N–H and O–H groups in total. The second-order valence-corrected chi connectivity index (χ2v) is 6.52. The van der Waals surface area contributed by atoms with E-state index in [1.807, 2.05) is 20.8 Å². The lowest BCUT2D eigenvalue weighted by molar-refractivity contribution is -0.120. The van der Waals surface area contributed by atoms with E-state index in [0.717, 1.165) is 24.0 Å². The van der Waals surface area contributed by atoms with Crippen molar-refractivity contribution < 1.29 is 13.2 Å². The van der Waals surface area contributed by atoms with Gasteiger partial charge in [-0.05, 0) is 49.9 Å². The molecule has 0 spiro atoms. The fourth-order valence-corrected chi connectivity index (χ4v) is 2.64. The van der Waals surface area contributed by atoms with Gasteiger partial charge in [-0.3, -0.25) is 4.79 Å². The lowest BCUT2D eigenvalue weighted by Gasteiger charge is -2.16. The molecule has 0 aliphatic carbocycles. The molecule has 0 heterocycles. The third-order valence-electron chi connectivity index (χ3n) is 3.58. The summed E-state index contributed by atoms with van der Waals surface area (Å²) < 4.78 is 22.9. The molecule has 0 fully saturated rings. The molecule has 0 bridgehead atoms. The van der Waals surface area contributed by atoms with Gasteiger partial charge in [0.2, 0.25) is 15.9 Å². The Kier molecular flexibility index (Phi) is 5.30. The van der Waals surface area contributed by atoms with E-state index < -0.39 is 10.0 Å². The number of nitrogens with two attached hydrogens (primary N) is 1. The van der Waals surface area contributed by atoms with E-state index in [-0.39, 0.29) is 16.7 Å². The molecule has 1 amide bonds. The van der Waals surface area contributed by atoms with Crippen molar-refractivity contribution in [3.63, 3.8) is 0 Å². The summed E-state index contributed by atoms with van der Waals surface area (Å²) in [6, 6.07) is 2.93. The van der Waals surface area contributed by atoms with Crippen molar-refractivity contribution in [1.29, 1.82) is 0 Å². The molecule has 0 saturated carbocycles. The summed E-state index contributed by atoms with van der Waals surface area (Å²) >= 11 is 0. The van der Waals surface area contributed by atoms with E-state index in [2.05, 4.69) is 5.32 Å². The normalized spacial score (nSPS) is 11.7. The number of primary sulfonamides is 1. The molecule has 0 radical (unpaired) electrons. The van der Waals surface area contributed by atoms with Gasteiger partial charge in [-0.25, -0.2) is 13.6 Å². The van der Waals surface area contributed by atoms with Crippen LogP contribution in [0.4, 0.5) is 5.69 Å². The van der Waals surface area contributed by atoms with Crippen molar-refractivity contribution in [1.82, 2.24) is 0 Å². The van der Waals surface area contributed by atoms with E-state index in [0.29, 0.717) is 5.69 Å². The molecule has 0 unspecified atom stereocenters. The molecule has 1 aromatic carbocycles. The molecule has 0 aliphatic rings. The lowest BCUT2D eigenvalue weighted by atomic mass is 10.0. The van der Waals surface area contributed by atoms with Gasteiger partial charge in [0.05, 0.1) is 4.90 Å². The summed E-state index contributed by atoms with van der Waals surface area (Å²) in [5, 5.41) is 7.95. The highest BCUT2D eigenvalue weighted by molar-refractivity contribution is 7.89. The molecule has 1 aromatic rings. The molecule has 0 atom stereocenters. The van der Waals surface area contributed by atoms with Gasteiger partial charge < -0.3 is 5.32 Å². The first-order valence-corrected chi connectivity index (χ1v) is 8.20. The first-order chi connectivity index (χ1) is 9.20. The van der Waals surface area contributed by atoms with Crippen LogP contribution < -0.4 is 10.5 Å². The summed E-state index contributed by atoms with van der Waals surface area (Å²) in [5.41, 5.74) is 2.12. The Morgan fingerprint density at radius 3 is 2.25 bits per heavy atom. The number of rotatable bonds is 5. The van der Waals surface area contributed by atoms with Gasteiger partial charge in [0.15, 0.2) is 0 Å². The van der Waals surface area contributed by atoms with Crippen molar-refractivity contribution in [2.45, 2.75) is 45.4 Å². The van der Waals surface area contributed by atoms with Crippen LogP contribution in [0.3, 0.4) is 0 Å². The number of carbonyl (C=O) groups excluding carboxylic acids is 1. The van der Waals surface area contributed by atoms with Crippen molar-refractivity contribution in [2.75, 3.05) is 5.32 Å². The minimum Gasteiger partial charge on any atom is -0.326 e. The maximum absolute atomic E-state index is 12.1. The molecule has 0 saturated heterocycles. The highest BCUT2D eigenvalue weighted by atomic mass is 32.2. The number of carbonyl (C=O) groups is 1.